The van der Waals surface area contributed by atoms with Crippen molar-refractivity contribution in [2.75, 3.05) is 11.9 Å². The fourth-order valence-electron chi connectivity index (χ4n) is 1.69. The molecule has 2 aromatic heterocycles. The number of rotatable bonds is 4. The van der Waals surface area contributed by atoms with Gasteiger partial charge in [-0.25, -0.2) is 9.97 Å². The number of aromatic nitrogens is 3. The average Bonchev–Trinajstić information content (AvgIpc) is 3.23. The quantitative estimate of drug-likeness (QED) is 0.858. The zero-order valence-electron chi connectivity index (χ0n) is 9.87. The molecule has 18 heavy (non-hydrogen) atoms. The lowest BCUT2D eigenvalue weighted by atomic mass is 10.3. The molecule has 1 saturated carbocycles. The highest BCUT2D eigenvalue weighted by molar-refractivity contribution is 5.56. The number of aromatic hydroxyl groups is 1. The van der Waals surface area contributed by atoms with Gasteiger partial charge < -0.3 is 10.4 Å². The molecular weight excluding hydrogens is 228 g/mol. The molecule has 5 heteroatoms. The predicted molar refractivity (Wildman–Crippen MR) is 68.1 cm³/mol. The Balaban J connectivity index is 1.84. The third-order valence-corrected chi connectivity index (χ3v) is 2.92. The molecule has 0 aliphatic heterocycles. The molecule has 0 spiro atoms. The Labute approximate surface area is 105 Å². The van der Waals surface area contributed by atoms with Crippen LogP contribution in [0.15, 0.2) is 30.6 Å². The summed E-state index contributed by atoms with van der Waals surface area (Å²) in [7, 11) is 0. The number of anilines is 1. The van der Waals surface area contributed by atoms with Crippen LogP contribution in [0.4, 0.5) is 5.82 Å². The lowest BCUT2D eigenvalue weighted by molar-refractivity contribution is 0.472. The van der Waals surface area contributed by atoms with Crippen LogP contribution in [-0.2, 0) is 0 Å². The van der Waals surface area contributed by atoms with Gasteiger partial charge in [0.25, 0.3) is 0 Å². The van der Waals surface area contributed by atoms with Crippen LogP contribution in [0.3, 0.4) is 0 Å². The second-order valence-electron chi connectivity index (χ2n) is 4.47. The second-order valence-corrected chi connectivity index (χ2v) is 4.47. The van der Waals surface area contributed by atoms with Crippen molar-refractivity contribution in [2.24, 2.45) is 5.92 Å². The molecule has 0 saturated heterocycles. The monoisotopic (exact) mass is 242 g/mol. The molecule has 0 radical (unpaired) electrons. The minimum Gasteiger partial charge on any atom is -0.503 e. The lowest BCUT2D eigenvalue weighted by Crippen LogP contribution is -2.06. The first-order chi connectivity index (χ1) is 8.83. The zero-order valence-corrected chi connectivity index (χ0v) is 9.87. The summed E-state index contributed by atoms with van der Waals surface area (Å²) in [5.74, 6) is 1.80. The van der Waals surface area contributed by atoms with Crippen LogP contribution < -0.4 is 5.32 Å². The predicted octanol–water partition coefficient (Wildman–Crippen LogP) is 2.07. The number of nitrogens with one attached hydrogen (secondary N) is 1. The summed E-state index contributed by atoms with van der Waals surface area (Å²) in [6.45, 7) is 0.853. The van der Waals surface area contributed by atoms with E-state index < -0.39 is 0 Å². The van der Waals surface area contributed by atoms with E-state index in [1.54, 1.807) is 6.20 Å². The summed E-state index contributed by atoms with van der Waals surface area (Å²) >= 11 is 0. The van der Waals surface area contributed by atoms with E-state index in [9.17, 15) is 5.11 Å². The van der Waals surface area contributed by atoms with Gasteiger partial charge in [-0.05, 0) is 30.9 Å². The molecule has 0 amide bonds. The van der Waals surface area contributed by atoms with Crippen LogP contribution in [0.25, 0.3) is 11.5 Å². The van der Waals surface area contributed by atoms with E-state index in [4.69, 9.17) is 0 Å². The number of pyridine rings is 1. The Kier molecular flexibility index (Phi) is 2.80. The van der Waals surface area contributed by atoms with Crippen molar-refractivity contribution in [1.29, 1.82) is 0 Å². The van der Waals surface area contributed by atoms with Crippen LogP contribution in [-0.4, -0.2) is 26.6 Å². The molecule has 2 aromatic rings. The molecule has 5 nitrogen and oxygen atoms in total. The standard InChI is InChI=1S/C13H14N4O/c18-11-8-16-12(10-3-1-2-6-14-10)17-13(11)15-7-9-4-5-9/h1-3,6,8-9,18H,4-5,7H2,(H,15,16,17). The van der Waals surface area contributed by atoms with Crippen molar-refractivity contribution < 1.29 is 5.11 Å². The van der Waals surface area contributed by atoms with Crippen LogP contribution in [0.5, 0.6) is 5.75 Å². The van der Waals surface area contributed by atoms with Crippen LogP contribution in [0.1, 0.15) is 12.8 Å². The summed E-state index contributed by atoms with van der Waals surface area (Å²) in [6.07, 6.45) is 5.62. The van der Waals surface area contributed by atoms with Crippen molar-refractivity contribution in [3.05, 3.63) is 30.6 Å². The van der Waals surface area contributed by atoms with Gasteiger partial charge in [0.1, 0.15) is 5.69 Å². The van der Waals surface area contributed by atoms with Gasteiger partial charge in [0.15, 0.2) is 17.4 Å². The van der Waals surface area contributed by atoms with E-state index >= 15 is 0 Å². The molecule has 92 valence electrons. The summed E-state index contributed by atoms with van der Waals surface area (Å²) in [6, 6.07) is 5.57. The number of hydrogen-bond acceptors (Lipinski definition) is 5. The summed E-state index contributed by atoms with van der Waals surface area (Å²) in [5.41, 5.74) is 0.701. The first-order valence-corrected chi connectivity index (χ1v) is 6.04. The topological polar surface area (TPSA) is 70.9 Å². The molecule has 0 unspecified atom stereocenters. The van der Waals surface area contributed by atoms with Gasteiger partial charge in [0.2, 0.25) is 0 Å². The van der Waals surface area contributed by atoms with E-state index in [1.165, 1.54) is 19.0 Å². The molecule has 3 rings (SSSR count). The third kappa shape index (κ3) is 2.40. The largest absolute Gasteiger partial charge is 0.503 e. The highest BCUT2D eigenvalue weighted by Crippen LogP contribution is 2.30. The number of hydrogen-bond donors (Lipinski definition) is 2. The maximum absolute atomic E-state index is 9.71. The smallest absolute Gasteiger partial charge is 0.180 e. The third-order valence-electron chi connectivity index (χ3n) is 2.92. The first kappa shape index (κ1) is 11.0. The summed E-state index contributed by atoms with van der Waals surface area (Å²) in [5, 5.41) is 12.9. The van der Waals surface area contributed by atoms with E-state index in [0.717, 1.165) is 12.5 Å². The van der Waals surface area contributed by atoms with Crippen molar-refractivity contribution >= 4 is 5.82 Å². The average molecular weight is 242 g/mol. The van der Waals surface area contributed by atoms with Gasteiger partial charge in [-0.15, -0.1) is 0 Å². The van der Waals surface area contributed by atoms with Crippen molar-refractivity contribution in [3.63, 3.8) is 0 Å². The molecule has 1 aliphatic carbocycles. The normalized spacial score (nSPS) is 14.4. The summed E-state index contributed by atoms with van der Waals surface area (Å²) in [4.78, 5) is 12.6. The number of nitrogens with zero attached hydrogens (tertiary/aromatic N) is 3. The SMILES string of the molecule is Oc1cnc(-c2ccccn2)nc1NCC1CC1. The van der Waals surface area contributed by atoms with Gasteiger partial charge in [-0.2, -0.15) is 0 Å². The molecular formula is C13H14N4O. The Bertz CT molecular complexity index is 540. The van der Waals surface area contributed by atoms with E-state index in [-0.39, 0.29) is 5.75 Å². The second kappa shape index (κ2) is 4.60. The highest BCUT2D eigenvalue weighted by Gasteiger charge is 2.21. The van der Waals surface area contributed by atoms with Gasteiger partial charge in [-0.3, -0.25) is 4.98 Å². The fraction of sp³-hybridized carbons (Fsp3) is 0.308. The summed E-state index contributed by atoms with van der Waals surface area (Å²) < 4.78 is 0. The Hall–Kier alpha value is -2.17. The molecule has 2 heterocycles. The lowest BCUT2D eigenvalue weighted by Gasteiger charge is -2.07. The maximum Gasteiger partial charge on any atom is 0.180 e. The van der Waals surface area contributed by atoms with Crippen LogP contribution in [0.2, 0.25) is 0 Å². The van der Waals surface area contributed by atoms with E-state index in [1.807, 2.05) is 18.2 Å². The minimum atomic E-state index is 0.0790. The van der Waals surface area contributed by atoms with Gasteiger partial charge in [-0.1, -0.05) is 6.07 Å². The van der Waals surface area contributed by atoms with E-state index in [2.05, 4.69) is 20.3 Å². The molecule has 1 aliphatic rings. The molecule has 0 atom stereocenters. The van der Waals surface area contributed by atoms with Crippen LogP contribution in [0, 0.1) is 5.92 Å². The first-order valence-electron chi connectivity index (χ1n) is 6.04. The zero-order chi connectivity index (χ0) is 12.4. The Morgan fingerprint density at radius 3 is 2.89 bits per heavy atom. The van der Waals surface area contributed by atoms with Crippen molar-refractivity contribution in [1.82, 2.24) is 15.0 Å². The minimum absolute atomic E-state index is 0.0790. The van der Waals surface area contributed by atoms with Gasteiger partial charge in [0.05, 0.1) is 6.20 Å². The van der Waals surface area contributed by atoms with Gasteiger partial charge in [0, 0.05) is 12.7 Å². The Morgan fingerprint density at radius 1 is 1.28 bits per heavy atom. The molecule has 0 aromatic carbocycles. The highest BCUT2D eigenvalue weighted by atomic mass is 16.3. The van der Waals surface area contributed by atoms with E-state index in [0.29, 0.717) is 17.3 Å². The maximum atomic E-state index is 9.71. The molecule has 0 bridgehead atoms. The van der Waals surface area contributed by atoms with Crippen molar-refractivity contribution in [2.45, 2.75) is 12.8 Å². The van der Waals surface area contributed by atoms with Crippen LogP contribution >= 0.6 is 0 Å². The Morgan fingerprint density at radius 2 is 2.17 bits per heavy atom. The fourth-order valence-corrected chi connectivity index (χ4v) is 1.69. The molecule has 1 fully saturated rings. The van der Waals surface area contributed by atoms with Gasteiger partial charge >= 0.3 is 0 Å². The molecule has 2 N–H and O–H groups in total. The van der Waals surface area contributed by atoms with Crippen molar-refractivity contribution in [3.8, 4) is 17.3 Å².